The van der Waals surface area contributed by atoms with Crippen molar-refractivity contribution in [3.05, 3.63) is 58.6 Å². The van der Waals surface area contributed by atoms with Crippen LogP contribution in [0.15, 0.2) is 42.5 Å². The summed E-state index contributed by atoms with van der Waals surface area (Å²) in [4.78, 5) is 33.7. The molecule has 9 heteroatoms. The topological polar surface area (TPSA) is 62.7 Å². The third kappa shape index (κ3) is 5.66. The highest BCUT2D eigenvalue weighted by molar-refractivity contribution is 7.22. The van der Waals surface area contributed by atoms with Gasteiger partial charge in [-0.25, -0.2) is 4.98 Å². The molecule has 1 saturated heterocycles. The number of thiazole rings is 1. The number of halogens is 2. The molecule has 0 N–H and O–H groups in total. The van der Waals surface area contributed by atoms with E-state index >= 15 is 0 Å². The van der Waals surface area contributed by atoms with Gasteiger partial charge in [0.1, 0.15) is 5.52 Å². The second-order valence-electron chi connectivity index (χ2n) is 7.48. The van der Waals surface area contributed by atoms with Gasteiger partial charge in [-0.1, -0.05) is 41.1 Å². The first-order valence-corrected chi connectivity index (χ1v) is 11.5. The first-order valence-electron chi connectivity index (χ1n) is 10.3. The van der Waals surface area contributed by atoms with Gasteiger partial charge in [0.15, 0.2) is 10.9 Å². The maximum Gasteiger partial charge on any atom is 0.260 e. The number of Topliss-reactive ketones (excluding diaryl/α,β-unsaturated/α-hetero) is 1. The molecule has 2 aromatic carbocycles. The lowest BCUT2D eigenvalue weighted by atomic mass is 10.1. The molecule has 0 aliphatic carbocycles. The van der Waals surface area contributed by atoms with Crippen molar-refractivity contribution in [1.82, 2.24) is 9.88 Å². The summed E-state index contributed by atoms with van der Waals surface area (Å²) in [7, 11) is 0. The van der Waals surface area contributed by atoms with Crippen molar-refractivity contribution in [3.8, 4) is 0 Å². The Balaban J connectivity index is 0.00000289. The molecule has 2 heterocycles. The minimum atomic E-state index is -0.132. The number of amides is 1. The molecule has 0 radical (unpaired) electrons. The molecule has 170 valence electrons. The van der Waals surface area contributed by atoms with Crippen LogP contribution in [0, 0.1) is 0 Å². The average molecular weight is 494 g/mol. The maximum absolute atomic E-state index is 13.4. The van der Waals surface area contributed by atoms with Crippen LogP contribution in [0.5, 0.6) is 0 Å². The van der Waals surface area contributed by atoms with Gasteiger partial charge in [0, 0.05) is 37.3 Å². The maximum atomic E-state index is 13.4. The molecule has 1 fully saturated rings. The lowest BCUT2D eigenvalue weighted by Gasteiger charge is -2.27. The fourth-order valence-corrected chi connectivity index (χ4v) is 4.87. The number of carbonyl (C=O) groups is 2. The number of ketones is 1. The number of morpholine rings is 1. The third-order valence-electron chi connectivity index (χ3n) is 5.33. The Hall–Kier alpha value is -2.03. The van der Waals surface area contributed by atoms with Crippen molar-refractivity contribution in [2.75, 3.05) is 44.3 Å². The van der Waals surface area contributed by atoms with Crippen LogP contribution in [0.3, 0.4) is 0 Å². The van der Waals surface area contributed by atoms with Gasteiger partial charge >= 0.3 is 0 Å². The van der Waals surface area contributed by atoms with E-state index in [2.05, 4.69) is 9.88 Å². The minimum absolute atomic E-state index is 0. The summed E-state index contributed by atoms with van der Waals surface area (Å²) in [5.74, 6) is -0.158. The van der Waals surface area contributed by atoms with Crippen molar-refractivity contribution in [3.63, 3.8) is 0 Å². The number of fused-ring (bicyclic) bond motifs is 1. The van der Waals surface area contributed by atoms with Gasteiger partial charge < -0.3 is 4.74 Å². The second-order valence-corrected chi connectivity index (χ2v) is 8.90. The number of hydrogen-bond acceptors (Lipinski definition) is 6. The van der Waals surface area contributed by atoms with E-state index in [0.717, 1.165) is 44.0 Å². The van der Waals surface area contributed by atoms with Crippen molar-refractivity contribution in [2.45, 2.75) is 13.3 Å². The number of para-hydroxylation sites is 1. The zero-order valence-electron chi connectivity index (χ0n) is 17.8. The Morgan fingerprint density at radius 1 is 1.12 bits per heavy atom. The number of ether oxygens (including phenoxy) is 1. The second kappa shape index (κ2) is 11.2. The van der Waals surface area contributed by atoms with E-state index in [1.165, 1.54) is 18.3 Å². The summed E-state index contributed by atoms with van der Waals surface area (Å²) in [6.07, 6.45) is 0.820. The Morgan fingerprint density at radius 3 is 2.47 bits per heavy atom. The molecule has 1 aliphatic heterocycles. The smallest absolute Gasteiger partial charge is 0.260 e. The molecule has 6 nitrogen and oxygen atoms in total. The predicted octanol–water partition coefficient (Wildman–Crippen LogP) is 4.94. The zero-order valence-corrected chi connectivity index (χ0v) is 20.1. The van der Waals surface area contributed by atoms with E-state index in [-0.39, 0.29) is 24.1 Å². The SMILES string of the molecule is CC(=O)c1ccc(C(=O)N(CCCN2CCOCC2)c2nc3c(Cl)cccc3s2)cc1.Cl. The Kier molecular flexibility index (Phi) is 8.62. The highest BCUT2D eigenvalue weighted by Crippen LogP contribution is 2.33. The van der Waals surface area contributed by atoms with Crippen LogP contribution in [-0.4, -0.2) is 61.0 Å². The predicted molar refractivity (Wildman–Crippen MR) is 132 cm³/mol. The summed E-state index contributed by atoms with van der Waals surface area (Å²) in [5.41, 5.74) is 1.82. The number of aromatic nitrogens is 1. The summed E-state index contributed by atoms with van der Waals surface area (Å²) in [6, 6.07) is 12.4. The number of rotatable bonds is 7. The van der Waals surface area contributed by atoms with Gasteiger partial charge in [0.05, 0.1) is 22.9 Å². The zero-order chi connectivity index (χ0) is 21.8. The van der Waals surface area contributed by atoms with E-state index in [0.29, 0.717) is 33.3 Å². The quantitative estimate of drug-likeness (QED) is 0.436. The van der Waals surface area contributed by atoms with Gasteiger partial charge in [0.25, 0.3) is 5.91 Å². The molecule has 32 heavy (non-hydrogen) atoms. The van der Waals surface area contributed by atoms with Gasteiger partial charge in [-0.15, -0.1) is 12.4 Å². The molecule has 3 aromatic rings. The summed E-state index contributed by atoms with van der Waals surface area (Å²) < 4.78 is 6.36. The lowest BCUT2D eigenvalue weighted by molar-refractivity contribution is 0.0376. The van der Waals surface area contributed by atoms with Gasteiger partial charge in [0.2, 0.25) is 0 Å². The largest absolute Gasteiger partial charge is 0.379 e. The van der Waals surface area contributed by atoms with E-state index in [9.17, 15) is 9.59 Å². The van der Waals surface area contributed by atoms with Gasteiger partial charge in [-0.2, -0.15) is 0 Å². The van der Waals surface area contributed by atoms with Crippen LogP contribution in [0.4, 0.5) is 5.13 Å². The molecular weight excluding hydrogens is 469 g/mol. The summed E-state index contributed by atoms with van der Waals surface area (Å²) in [5, 5.41) is 1.21. The van der Waals surface area contributed by atoms with Crippen LogP contribution >= 0.6 is 35.3 Å². The van der Waals surface area contributed by atoms with Crippen LogP contribution < -0.4 is 4.90 Å². The van der Waals surface area contributed by atoms with Crippen molar-refractivity contribution in [2.24, 2.45) is 0 Å². The van der Waals surface area contributed by atoms with Crippen molar-refractivity contribution in [1.29, 1.82) is 0 Å². The number of nitrogens with zero attached hydrogens (tertiary/aromatic N) is 3. The number of anilines is 1. The van der Waals surface area contributed by atoms with Crippen molar-refractivity contribution >= 4 is 62.4 Å². The molecule has 0 saturated carbocycles. The van der Waals surface area contributed by atoms with Crippen LogP contribution in [-0.2, 0) is 4.74 Å². The van der Waals surface area contributed by atoms with E-state index in [1.807, 2.05) is 12.1 Å². The number of hydrogen-bond donors (Lipinski definition) is 0. The first kappa shape index (κ1) is 24.6. The molecule has 0 unspecified atom stereocenters. The molecule has 1 aromatic heterocycles. The third-order valence-corrected chi connectivity index (χ3v) is 6.68. The summed E-state index contributed by atoms with van der Waals surface area (Å²) >= 11 is 7.77. The van der Waals surface area contributed by atoms with E-state index < -0.39 is 0 Å². The fraction of sp³-hybridized carbons (Fsp3) is 0.348. The Labute approximate surface area is 202 Å². The lowest BCUT2D eigenvalue weighted by Crippen LogP contribution is -2.39. The van der Waals surface area contributed by atoms with Crippen molar-refractivity contribution < 1.29 is 14.3 Å². The monoisotopic (exact) mass is 493 g/mol. The Bertz CT molecular complexity index is 1080. The molecular formula is C23H25Cl2N3O3S. The Morgan fingerprint density at radius 2 is 1.81 bits per heavy atom. The molecule has 0 atom stereocenters. The average Bonchev–Trinajstić information content (AvgIpc) is 3.22. The standard InChI is InChI=1S/C23H24ClN3O3S.ClH/c1-16(28)17-6-8-18(9-7-17)22(29)27(11-3-10-26-12-14-30-15-13-26)23-25-21-19(24)4-2-5-20(21)31-23;/h2,4-9H,3,10-15H2,1H3;1H. The van der Waals surface area contributed by atoms with Crippen LogP contribution in [0.25, 0.3) is 10.2 Å². The fourth-order valence-electron chi connectivity index (χ4n) is 3.58. The molecule has 4 rings (SSSR count). The van der Waals surface area contributed by atoms with E-state index in [4.69, 9.17) is 16.3 Å². The normalized spacial score (nSPS) is 14.2. The molecule has 0 bridgehead atoms. The first-order chi connectivity index (χ1) is 15.0. The highest BCUT2D eigenvalue weighted by atomic mass is 35.5. The molecule has 1 amide bonds. The highest BCUT2D eigenvalue weighted by Gasteiger charge is 2.22. The van der Waals surface area contributed by atoms with E-state index in [1.54, 1.807) is 35.2 Å². The summed E-state index contributed by atoms with van der Waals surface area (Å²) in [6.45, 7) is 6.28. The minimum Gasteiger partial charge on any atom is -0.379 e. The molecule has 1 aliphatic rings. The number of carbonyl (C=O) groups excluding carboxylic acids is 2. The van der Waals surface area contributed by atoms with Gasteiger partial charge in [-0.05, 0) is 37.6 Å². The van der Waals surface area contributed by atoms with Gasteiger partial charge in [-0.3, -0.25) is 19.4 Å². The van der Waals surface area contributed by atoms with Crippen LogP contribution in [0.1, 0.15) is 34.1 Å². The molecule has 0 spiro atoms. The number of benzene rings is 2. The van der Waals surface area contributed by atoms with Crippen LogP contribution in [0.2, 0.25) is 5.02 Å².